The average Bonchev–Trinajstić information content (AvgIpc) is 2.19. The van der Waals surface area contributed by atoms with Crippen LogP contribution in [-0.2, 0) is 0 Å². The van der Waals surface area contributed by atoms with E-state index in [0.717, 1.165) is 6.54 Å². The number of likely N-dealkylation sites (tertiary alicyclic amines) is 1. The maximum atomic E-state index is 9.16. The topological polar surface area (TPSA) is 23.5 Å². The first-order chi connectivity index (χ1) is 6.36. The van der Waals surface area contributed by atoms with Gasteiger partial charge in [0.25, 0.3) is 0 Å². The van der Waals surface area contributed by atoms with Crippen molar-refractivity contribution in [3.63, 3.8) is 0 Å². The molecule has 1 aliphatic rings. The fourth-order valence-electron chi connectivity index (χ4n) is 2.16. The van der Waals surface area contributed by atoms with Gasteiger partial charge in [-0.2, -0.15) is 0 Å². The van der Waals surface area contributed by atoms with Crippen LogP contribution in [0.5, 0.6) is 0 Å². The van der Waals surface area contributed by atoms with E-state index in [1.54, 1.807) is 0 Å². The van der Waals surface area contributed by atoms with E-state index in [-0.39, 0.29) is 0 Å². The number of aliphatic hydroxyl groups is 1. The lowest BCUT2D eigenvalue weighted by Gasteiger charge is -2.29. The summed E-state index contributed by atoms with van der Waals surface area (Å²) in [7, 11) is 0. The molecule has 78 valence electrons. The smallest absolute Gasteiger partial charge is 0.0471 e. The van der Waals surface area contributed by atoms with Gasteiger partial charge in [0.1, 0.15) is 0 Å². The summed E-state index contributed by atoms with van der Waals surface area (Å²) in [6.07, 6.45) is 6.47. The van der Waals surface area contributed by atoms with Crippen molar-refractivity contribution in [3.05, 3.63) is 0 Å². The largest absolute Gasteiger partial charge is 0.396 e. The van der Waals surface area contributed by atoms with Gasteiger partial charge in [0.05, 0.1) is 0 Å². The fourth-order valence-corrected chi connectivity index (χ4v) is 2.16. The van der Waals surface area contributed by atoms with Crippen LogP contribution < -0.4 is 0 Å². The second kappa shape index (κ2) is 6.39. The minimum absolute atomic E-state index is 0.365. The van der Waals surface area contributed by atoms with Crippen LogP contribution in [0.1, 0.15) is 39.0 Å². The predicted molar refractivity (Wildman–Crippen MR) is 55.8 cm³/mol. The summed E-state index contributed by atoms with van der Waals surface area (Å²) in [5, 5.41) is 9.16. The van der Waals surface area contributed by atoms with Gasteiger partial charge in [0, 0.05) is 13.2 Å². The summed E-state index contributed by atoms with van der Waals surface area (Å²) >= 11 is 0. The Morgan fingerprint density at radius 3 is 2.46 bits per heavy atom. The Bertz CT molecular complexity index is 119. The van der Waals surface area contributed by atoms with Crippen molar-refractivity contribution in [3.8, 4) is 0 Å². The Kier molecular flexibility index (Phi) is 5.40. The van der Waals surface area contributed by atoms with Gasteiger partial charge in [-0.1, -0.05) is 19.8 Å². The molecule has 1 unspecified atom stereocenters. The van der Waals surface area contributed by atoms with Gasteiger partial charge in [-0.3, -0.25) is 0 Å². The van der Waals surface area contributed by atoms with Crippen molar-refractivity contribution in [2.75, 3.05) is 26.2 Å². The van der Waals surface area contributed by atoms with Crippen molar-refractivity contribution < 1.29 is 5.11 Å². The molecule has 2 nitrogen and oxygen atoms in total. The number of piperidine rings is 1. The summed E-state index contributed by atoms with van der Waals surface area (Å²) in [6, 6.07) is 0. The molecular weight excluding hydrogens is 162 g/mol. The molecule has 1 heterocycles. The molecule has 0 aromatic rings. The van der Waals surface area contributed by atoms with Gasteiger partial charge in [-0.15, -0.1) is 0 Å². The second-order valence-corrected chi connectivity index (χ2v) is 4.20. The lowest BCUT2D eigenvalue weighted by molar-refractivity contribution is 0.141. The molecule has 0 bridgehead atoms. The number of hydrogen-bond donors (Lipinski definition) is 1. The summed E-state index contributed by atoms with van der Waals surface area (Å²) in [4.78, 5) is 2.51. The van der Waals surface area contributed by atoms with E-state index in [1.165, 1.54) is 45.2 Å². The van der Waals surface area contributed by atoms with Crippen LogP contribution in [0.25, 0.3) is 0 Å². The average molecular weight is 185 g/mol. The van der Waals surface area contributed by atoms with Crippen LogP contribution >= 0.6 is 0 Å². The van der Waals surface area contributed by atoms with Crippen molar-refractivity contribution in [1.29, 1.82) is 0 Å². The Morgan fingerprint density at radius 1 is 1.23 bits per heavy atom. The normalized spacial score (nSPS) is 21.7. The van der Waals surface area contributed by atoms with E-state index in [4.69, 9.17) is 5.11 Å². The minimum atomic E-state index is 0.365. The summed E-state index contributed by atoms with van der Waals surface area (Å²) in [6.45, 7) is 6.17. The summed E-state index contributed by atoms with van der Waals surface area (Å²) < 4.78 is 0. The Labute approximate surface area is 81.9 Å². The van der Waals surface area contributed by atoms with Gasteiger partial charge < -0.3 is 10.0 Å². The van der Waals surface area contributed by atoms with Crippen molar-refractivity contribution in [2.24, 2.45) is 5.92 Å². The van der Waals surface area contributed by atoms with Gasteiger partial charge in [0.2, 0.25) is 0 Å². The van der Waals surface area contributed by atoms with E-state index < -0.39 is 0 Å². The third-order valence-electron chi connectivity index (χ3n) is 2.92. The predicted octanol–water partition coefficient (Wildman–Crippen LogP) is 1.88. The first-order valence-corrected chi connectivity index (χ1v) is 5.70. The number of nitrogens with zero attached hydrogens (tertiary/aromatic N) is 1. The molecule has 0 radical (unpaired) electrons. The van der Waals surface area contributed by atoms with Crippen LogP contribution in [-0.4, -0.2) is 36.2 Å². The number of aliphatic hydroxyl groups excluding tert-OH is 1. The highest BCUT2D eigenvalue weighted by Crippen LogP contribution is 2.13. The Hall–Kier alpha value is -0.0800. The summed E-state index contributed by atoms with van der Waals surface area (Å²) in [5.74, 6) is 0.517. The third-order valence-corrected chi connectivity index (χ3v) is 2.92. The zero-order valence-electron chi connectivity index (χ0n) is 8.84. The highest BCUT2D eigenvalue weighted by Gasteiger charge is 2.14. The first-order valence-electron chi connectivity index (χ1n) is 5.70. The highest BCUT2D eigenvalue weighted by molar-refractivity contribution is 4.69. The minimum Gasteiger partial charge on any atom is -0.396 e. The molecule has 0 spiro atoms. The van der Waals surface area contributed by atoms with Crippen LogP contribution in [0.3, 0.4) is 0 Å². The Morgan fingerprint density at radius 2 is 1.92 bits per heavy atom. The van der Waals surface area contributed by atoms with E-state index in [0.29, 0.717) is 12.5 Å². The SMILES string of the molecule is CCCC(CO)CN1CCCCC1. The van der Waals surface area contributed by atoms with Crippen LogP contribution in [0.2, 0.25) is 0 Å². The maximum Gasteiger partial charge on any atom is 0.0471 e. The molecule has 1 atom stereocenters. The number of hydrogen-bond acceptors (Lipinski definition) is 2. The zero-order valence-corrected chi connectivity index (χ0v) is 8.84. The monoisotopic (exact) mass is 185 g/mol. The third kappa shape index (κ3) is 4.10. The quantitative estimate of drug-likeness (QED) is 0.707. The standard InChI is InChI=1S/C11H23NO/c1-2-6-11(10-13)9-12-7-4-3-5-8-12/h11,13H,2-10H2,1H3. The lowest BCUT2D eigenvalue weighted by atomic mass is 10.0. The molecule has 0 saturated carbocycles. The van der Waals surface area contributed by atoms with Gasteiger partial charge in [0.15, 0.2) is 0 Å². The molecule has 0 aliphatic carbocycles. The second-order valence-electron chi connectivity index (χ2n) is 4.20. The van der Waals surface area contributed by atoms with E-state index in [9.17, 15) is 0 Å². The zero-order chi connectivity index (χ0) is 9.52. The van der Waals surface area contributed by atoms with Gasteiger partial charge in [-0.05, 0) is 38.3 Å². The summed E-state index contributed by atoms with van der Waals surface area (Å²) in [5.41, 5.74) is 0. The molecule has 1 N–H and O–H groups in total. The van der Waals surface area contributed by atoms with Crippen molar-refractivity contribution in [2.45, 2.75) is 39.0 Å². The molecule has 2 heteroatoms. The molecule has 1 fully saturated rings. The number of rotatable bonds is 5. The molecule has 1 saturated heterocycles. The molecule has 1 aliphatic heterocycles. The lowest BCUT2D eigenvalue weighted by Crippen LogP contribution is -2.35. The van der Waals surface area contributed by atoms with Crippen LogP contribution in [0.4, 0.5) is 0 Å². The highest BCUT2D eigenvalue weighted by atomic mass is 16.3. The molecular formula is C11H23NO. The van der Waals surface area contributed by atoms with Crippen molar-refractivity contribution >= 4 is 0 Å². The van der Waals surface area contributed by atoms with Gasteiger partial charge >= 0.3 is 0 Å². The molecule has 0 aromatic carbocycles. The van der Waals surface area contributed by atoms with Crippen LogP contribution in [0, 0.1) is 5.92 Å². The molecule has 0 aromatic heterocycles. The van der Waals surface area contributed by atoms with E-state index in [1.807, 2.05) is 0 Å². The molecule has 0 amide bonds. The first kappa shape index (κ1) is 11.0. The van der Waals surface area contributed by atoms with Gasteiger partial charge in [-0.25, -0.2) is 0 Å². The Balaban J connectivity index is 2.18. The fraction of sp³-hybridized carbons (Fsp3) is 1.00. The molecule has 1 rings (SSSR count). The van der Waals surface area contributed by atoms with Crippen LogP contribution in [0.15, 0.2) is 0 Å². The molecule has 13 heavy (non-hydrogen) atoms. The van der Waals surface area contributed by atoms with E-state index >= 15 is 0 Å². The van der Waals surface area contributed by atoms with E-state index in [2.05, 4.69) is 11.8 Å². The maximum absolute atomic E-state index is 9.16. The van der Waals surface area contributed by atoms with Crippen molar-refractivity contribution in [1.82, 2.24) is 4.90 Å².